The summed E-state index contributed by atoms with van der Waals surface area (Å²) in [7, 11) is 0. The number of carbonyl (C=O) groups excluding carboxylic acids is 1. The number of benzene rings is 2. The van der Waals surface area contributed by atoms with Crippen LogP contribution in [0.1, 0.15) is 40.2 Å². The van der Waals surface area contributed by atoms with Crippen LogP contribution in [0.25, 0.3) is 0 Å². The van der Waals surface area contributed by atoms with Crippen molar-refractivity contribution >= 4 is 11.9 Å². The van der Waals surface area contributed by atoms with E-state index in [-0.39, 0.29) is 18.6 Å². The molecule has 0 radical (unpaired) electrons. The minimum Gasteiger partial charge on any atom is -0.491 e. The maximum atomic E-state index is 13.0. The van der Waals surface area contributed by atoms with E-state index in [4.69, 9.17) is 9.47 Å². The first-order valence-corrected chi connectivity index (χ1v) is 9.56. The minimum absolute atomic E-state index is 0.106. The van der Waals surface area contributed by atoms with Crippen molar-refractivity contribution in [3.63, 3.8) is 0 Å². The average Bonchev–Trinajstić information content (AvgIpc) is 3.24. The number of carboxylic acids is 1. The van der Waals surface area contributed by atoms with Gasteiger partial charge in [0.1, 0.15) is 12.4 Å². The summed E-state index contributed by atoms with van der Waals surface area (Å²) >= 11 is 0. The Morgan fingerprint density at radius 1 is 1.18 bits per heavy atom. The van der Waals surface area contributed by atoms with E-state index in [0.717, 1.165) is 30.6 Å². The van der Waals surface area contributed by atoms with E-state index in [1.165, 1.54) is 0 Å². The number of nitrogens with zero attached hydrogens (tertiary/aromatic N) is 1. The van der Waals surface area contributed by atoms with Crippen molar-refractivity contribution in [2.24, 2.45) is 0 Å². The predicted octanol–water partition coefficient (Wildman–Crippen LogP) is 3.07. The van der Waals surface area contributed by atoms with E-state index in [2.05, 4.69) is 0 Å². The first-order valence-electron chi connectivity index (χ1n) is 9.56. The SMILES string of the molecule is O=C(O)C1CN(C(=O)c2cccc(OCC3CCCO3)c2)Cc2ccccc21. The molecule has 2 heterocycles. The van der Waals surface area contributed by atoms with Gasteiger partial charge in [0.2, 0.25) is 0 Å². The molecule has 2 unspecified atom stereocenters. The van der Waals surface area contributed by atoms with Gasteiger partial charge in [0.05, 0.1) is 12.0 Å². The molecule has 1 amide bonds. The van der Waals surface area contributed by atoms with Crippen LogP contribution in [0, 0.1) is 0 Å². The van der Waals surface area contributed by atoms with Crippen molar-refractivity contribution in [2.75, 3.05) is 19.8 Å². The second kappa shape index (κ2) is 8.02. The molecule has 0 bridgehead atoms. The lowest BCUT2D eigenvalue weighted by atomic mass is 9.89. The van der Waals surface area contributed by atoms with Gasteiger partial charge in [0, 0.05) is 25.3 Å². The first-order chi connectivity index (χ1) is 13.6. The highest BCUT2D eigenvalue weighted by Gasteiger charge is 2.32. The second-order valence-electron chi connectivity index (χ2n) is 7.25. The average molecular weight is 381 g/mol. The molecule has 1 N–H and O–H groups in total. The molecule has 0 aromatic heterocycles. The van der Waals surface area contributed by atoms with Crippen LogP contribution in [0.5, 0.6) is 5.75 Å². The zero-order valence-corrected chi connectivity index (χ0v) is 15.5. The summed E-state index contributed by atoms with van der Waals surface area (Å²) in [5.41, 5.74) is 2.15. The van der Waals surface area contributed by atoms with Crippen molar-refractivity contribution in [1.29, 1.82) is 0 Å². The molecule has 146 valence electrons. The zero-order chi connectivity index (χ0) is 19.5. The van der Waals surface area contributed by atoms with Crippen LogP contribution in [0.2, 0.25) is 0 Å². The lowest BCUT2D eigenvalue weighted by Gasteiger charge is -2.33. The summed E-state index contributed by atoms with van der Waals surface area (Å²) in [5, 5.41) is 9.60. The first kappa shape index (κ1) is 18.5. The quantitative estimate of drug-likeness (QED) is 0.861. The second-order valence-corrected chi connectivity index (χ2v) is 7.25. The number of ether oxygens (including phenoxy) is 2. The van der Waals surface area contributed by atoms with Crippen LogP contribution in [-0.2, 0) is 16.1 Å². The number of carboxylic acid groups (broad SMARTS) is 1. The van der Waals surface area contributed by atoms with Crippen LogP contribution < -0.4 is 4.74 Å². The van der Waals surface area contributed by atoms with Crippen LogP contribution >= 0.6 is 0 Å². The molecular weight excluding hydrogens is 358 g/mol. The Kier molecular flexibility index (Phi) is 5.30. The van der Waals surface area contributed by atoms with Crippen LogP contribution in [0.15, 0.2) is 48.5 Å². The highest BCUT2D eigenvalue weighted by molar-refractivity contribution is 5.95. The Morgan fingerprint density at radius 2 is 2.04 bits per heavy atom. The Labute approximate surface area is 163 Å². The molecule has 1 fully saturated rings. The van der Waals surface area contributed by atoms with Gasteiger partial charge >= 0.3 is 5.97 Å². The number of hydrogen-bond donors (Lipinski definition) is 1. The summed E-state index contributed by atoms with van der Waals surface area (Å²) < 4.78 is 11.4. The van der Waals surface area contributed by atoms with Crippen LogP contribution in [0.3, 0.4) is 0 Å². The normalized spacial score (nSPS) is 21.2. The third-order valence-electron chi connectivity index (χ3n) is 5.32. The summed E-state index contributed by atoms with van der Waals surface area (Å²) in [6.45, 7) is 1.80. The fraction of sp³-hybridized carbons (Fsp3) is 0.364. The van der Waals surface area contributed by atoms with Gasteiger partial charge < -0.3 is 19.5 Å². The third kappa shape index (κ3) is 3.87. The van der Waals surface area contributed by atoms with E-state index < -0.39 is 11.9 Å². The number of carbonyl (C=O) groups is 2. The zero-order valence-electron chi connectivity index (χ0n) is 15.5. The maximum absolute atomic E-state index is 13.0. The van der Waals surface area contributed by atoms with Gasteiger partial charge in [-0.3, -0.25) is 9.59 Å². The highest BCUT2D eigenvalue weighted by atomic mass is 16.5. The fourth-order valence-electron chi connectivity index (χ4n) is 3.84. The van der Waals surface area contributed by atoms with Gasteiger partial charge in [-0.05, 0) is 42.2 Å². The largest absolute Gasteiger partial charge is 0.491 e. The lowest BCUT2D eigenvalue weighted by molar-refractivity contribution is -0.139. The van der Waals surface area contributed by atoms with E-state index in [0.29, 0.717) is 24.5 Å². The Bertz CT molecular complexity index is 875. The van der Waals surface area contributed by atoms with Crippen LogP contribution in [-0.4, -0.2) is 47.7 Å². The van der Waals surface area contributed by atoms with Gasteiger partial charge in [-0.25, -0.2) is 0 Å². The molecule has 0 saturated carbocycles. The smallest absolute Gasteiger partial charge is 0.312 e. The Balaban J connectivity index is 1.49. The number of aliphatic carboxylic acids is 1. The molecule has 2 atom stereocenters. The number of fused-ring (bicyclic) bond motifs is 1. The standard InChI is InChI=1S/C22H23NO5/c24-21(15-6-3-7-17(11-15)28-14-18-8-4-10-27-18)23-12-16-5-1-2-9-19(16)20(13-23)22(25)26/h1-3,5-7,9,11,18,20H,4,8,10,12-14H2,(H,25,26). The van der Waals surface area contributed by atoms with E-state index in [9.17, 15) is 14.7 Å². The molecular formula is C22H23NO5. The van der Waals surface area contributed by atoms with Crippen molar-refractivity contribution < 1.29 is 24.2 Å². The Hall–Kier alpha value is -2.86. The van der Waals surface area contributed by atoms with E-state index in [1.54, 1.807) is 23.1 Å². The molecule has 0 aliphatic carbocycles. The minimum atomic E-state index is -0.918. The summed E-state index contributed by atoms with van der Waals surface area (Å²) in [6.07, 6.45) is 2.14. The predicted molar refractivity (Wildman–Crippen MR) is 102 cm³/mol. The van der Waals surface area contributed by atoms with Crippen molar-refractivity contribution in [3.8, 4) is 5.75 Å². The molecule has 0 spiro atoms. The molecule has 2 aromatic carbocycles. The third-order valence-corrected chi connectivity index (χ3v) is 5.32. The Morgan fingerprint density at radius 3 is 2.82 bits per heavy atom. The topological polar surface area (TPSA) is 76.1 Å². The molecule has 2 aromatic rings. The molecule has 6 heteroatoms. The number of amides is 1. The molecule has 1 saturated heterocycles. The van der Waals surface area contributed by atoms with E-state index in [1.807, 2.05) is 30.3 Å². The van der Waals surface area contributed by atoms with Gasteiger partial charge in [-0.1, -0.05) is 30.3 Å². The van der Waals surface area contributed by atoms with Crippen molar-refractivity contribution in [3.05, 3.63) is 65.2 Å². The molecule has 6 nitrogen and oxygen atoms in total. The summed E-state index contributed by atoms with van der Waals surface area (Å²) in [4.78, 5) is 26.4. The maximum Gasteiger partial charge on any atom is 0.312 e. The van der Waals surface area contributed by atoms with Gasteiger partial charge in [-0.2, -0.15) is 0 Å². The van der Waals surface area contributed by atoms with Crippen LogP contribution in [0.4, 0.5) is 0 Å². The van der Waals surface area contributed by atoms with Gasteiger partial charge in [0.15, 0.2) is 0 Å². The van der Waals surface area contributed by atoms with Crippen molar-refractivity contribution in [2.45, 2.75) is 31.4 Å². The molecule has 2 aliphatic rings. The number of hydrogen-bond acceptors (Lipinski definition) is 4. The highest BCUT2D eigenvalue weighted by Crippen LogP contribution is 2.30. The number of rotatable bonds is 5. The van der Waals surface area contributed by atoms with Gasteiger partial charge in [0.25, 0.3) is 5.91 Å². The molecule has 28 heavy (non-hydrogen) atoms. The lowest BCUT2D eigenvalue weighted by Crippen LogP contribution is -2.40. The van der Waals surface area contributed by atoms with Gasteiger partial charge in [-0.15, -0.1) is 0 Å². The fourth-order valence-corrected chi connectivity index (χ4v) is 3.84. The molecule has 4 rings (SSSR count). The van der Waals surface area contributed by atoms with E-state index >= 15 is 0 Å². The summed E-state index contributed by atoms with van der Waals surface area (Å²) in [5.74, 6) is -1.21. The monoisotopic (exact) mass is 381 g/mol. The summed E-state index contributed by atoms with van der Waals surface area (Å²) in [6, 6.07) is 14.5. The van der Waals surface area contributed by atoms with Crippen molar-refractivity contribution in [1.82, 2.24) is 4.90 Å². The molecule has 2 aliphatic heterocycles.